The van der Waals surface area contributed by atoms with Crippen molar-refractivity contribution in [3.63, 3.8) is 0 Å². The third kappa shape index (κ3) is 3.41. The van der Waals surface area contributed by atoms with E-state index in [0.29, 0.717) is 11.4 Å². The fourth-order valence-electron chi connectivity index (χ4n) is 1.96. The van der Waals surface area contributed by atoms with Crippen LogP contribution in [0, 0.1) is 0 Å². The molecule has 2 rings (SSSR count). The molecule has 0 atom stereocenters. The maximum atomic E-state index is 5.87. The quantitative estimate of drug-likeness (QED) is 0.507. The maximum Gasteiger partial charge on any atom is 0.169 e. The Morgan fingerprint density at radius 2 is 2.11 bits per heavy atom. The van der Waals surface area contributed by atoms with Crippen LogP contribution in [0.3, 0.4) is 0 Å². The molecule has 0 saturated heterocycles. The molecule has 3 nitrogen and oxygen atoms in total. The molecule has 0 bridgehead atoms. The minimum atomic E-state index is 0.692. The predicted molar refractivity (Wildman–Crippen MR) is 77.6 cm³/mol. The molecule has 1 aliphatic heterocycles. The van der Waals surface area contributed by atoms with Gasteiger partial charge in [-0.05, 0) is 55.7 Å². The van der Waals surface area contributed by atoms with Gasteiger partial charge in [0.2, 0.25) is 0 Å². The third-order valence-corrected chi connectivity index (χ3v) is 2.93. The molecule has 0 amide bonds. The van der Waals surface area contributed by atoms with Crippen molar-refractivity contribution in [1.82, 2.24) is 0 Å². The van der Waals surface area contributed by atoms with Crippen LogP contribution in [0.2, 0.25) is 0 Å². The summed E-state index contributed by atoms with van der Waals surface area (Å²) in [5, 5.41) is 0. The van der Waals surface area contributed by atoms with Crippen LogP contribution < -0.4 is 10.5 Å². The van der Waals surface area contributed by atoms with Crippen molar-refractivity contribution in [3.8, 4) is 5.75 Å². The molecular formula is C16H19NO2. The first-order valence-corrected chi connectivity index (χ1v) is 6.39. The summed E-state index contributed by atoms with van der Waals surface area (Å²) >= 11 is 0. The van der Waals surface area contributed by atoms with Crippen molar-refractivity contribution in [2.75, 3.05) is 12.3 Å². The first-order valence-electron chi connectivity index (χ1n) is 6.39. The monoisotopic (exact) mass is 257 g/mol. The van der Waals surface area contributed by atoms with Crippen molar-refractivity contribution in [3.05, 3.63) is 60.1 Å². The molecule has 0 unspecified atom stereocenters. The number of nitrogens with two attached hydrogens (primary N) is 1. The number of hydrogen-bond acceptors (Lipinski definition) is 3. The van der Waals surface area contributed by atoms with Crippen LogP contribution >= 0.6 is 0 Å². The molecule has 0 aliphatic carbocycles. The van der Waals surface area contributed by atoms with Crippen molar-refractivity contribution >= 4 is 5.69 Å². The van der Waals surface area contributed by atoms with Gasteiger partial charge in [0.15, 0.2) is 11.5 Å². The molecule has 1 aromatic carbocycles. The Hall–Kier alpha value is -2.16. The average molecular weight is 257 g/mol. The van der Waals surface area contributed by atoms with Gasteiger partial charge in [0.05, 0.1) is 6.61 Å². The van der Waals surface area contributed by atoms with E-state index >= 15 is 0 Å². The highest BCUT2D eigenvalue weighted by atomic mass is 16.5. The van der Waals surface area contributed by atoms with E-state index in [1.807, 2.05) is 30.3 Å². The van der Waals surface area contributed by atoms with Gasteiger partial charge in [0.1, 0.15) is 5.75 Å². The summed E-state index contributed by atoms with van der Waals surface area (Å²) in [5.74, 6) is 2.25. The van der Waals surface area contributed by atoms with Gasteiger partial charge in [0, 0.05) is 5.69 Å². The summed E-state index contributed by atoms with van der Waals surface area (Å²) in [4.78, 5) is 0. The van der Waals surface area contributed by atoms with Gasteiger partial charge in [-0.15, -0.1) is 0 Å². The number of allylic oxidation sites excluding steroid dienone is 3. The standard InChI is InChI=1S/C16H19NO2/c1-3-5-15(16-12(2)6-4-11-18-16)19-14-9-7-13(17)8-10-14/h3,5,7-10H,1,4,6,11,17H2,2H3. The van der Waals surface area contributed by atoms with Crippen molar-refractivity contribution in [2.45, 2.75) is 19.8 Å². The van der Waals surface area contributed by atoms with Gasteiger partial charge in [-0.25, -0.2) is 0 Å². The molecule has 0 spiro atoms. The zero-order valence-electron chi connectivity index (χ0n) is 11.2. The lowest BCUT2D eigenvalue weighted by molar-refractivity contribution is 0.175. The van der Waals surface area contributed by atoms with Crippen LogP contribution in [0.5, 0.6) is 5.75 Å². The first kappa shape index (κ1) is 13.3. The average Bonchev–Trinajstić information content (AvgIpc) is 2.41. The lowest BCUT2D eigenvalue weighted by Crippen LogP contribution is -2.11. The van der Waals surface area contributed by atoms with Crippen LogP contribution in [0.15, 0.2) is 60.1 Å². The Morgan fingerprint density at radius 3 is 2.74 bits per heavy atom. The van der Waals surface area contributed by atoms with Gasteiger partial charge < -0.3 is 15.2 Å². The van der Waals surface area contributed by atoms with Crippen LogP contribution in [0.1, 0.15) is 19.8 Å². The Morgan fingerprint density at radius 1 is 1.37 bits per heavy atom. The van der Waals surface area contributed by atoms with Gasteiger partial charge in [-0.3, -0.25) is 0 Å². The van der Waals surface area contributed by atoms with Gasteiger partial charge in [-0.2, -0.15) is 0 Å². The second-order valence-corrected chi connectivity index (χ2v) is 4.50. The second kappa shape index (κ2) is 6.14. The Kier molecular flexibility index (Phi) is 4.29. The lowest BCUT2D eigenvalue weighted by atomic mass is 10.1. The molecule has 0 fully saturated rings. The van der Waals surface area contributed by atoms with E-state index in [-0.39, 0.29) is 0 Å². The molecular weight excluding hydrogens is 238 g/mol. The summed E-state index contributed by atoms with van der Waals surface area (Å²) < 4.78 is 11.6. The number of rotatable bonds is 4. The molecule has 0 radical (unpaired) electrons. The minimum absolute atomic E-state index is 0.692. The number of anilines is 1. The normalized spacial score (nSPS) is 15.9. The molecule has 0 saturated carbocycles. The van der Waals surface area contributed by atoms with Crippen LogP contribution in [0.4, 0.5) is 5.69 Å². The molecule has 19 heavy (non-hydrogen) atoms. The van der Waals surface area contributed by atoms with E-state index in [2.05, 4.69) is 13.5 Å². The SMILES string of the molecule is C=CC=C(Oc1ccc(N)cc1)C1=C(C)CCCO1. The molecule has 100 valence electrons. The third-order valence-electron chi connectivity index (χ3n) is 2.93. The summed E-state index contributed by atoms with van der Waals surface area (Å²) in [6, 6.07) is 7.30. The molecule has 1 aliphatic rings. The van der Waals surface area contributed by atoms with E-state index in [1.165, 1.54) is 5.57 Å². The summed E-state index contributed by atoms with van der Waals surface area (Å²) in [7, 11) is 0. The maximum absolute atomic E-state index is 5.87. The first-order chi connectivity index (χ1) is 9.20. The van der Waals surface area contributed by atoms with Crippen LogP contribution in [0.25, 0.3) is 0 Å². The van der Waals surface area contributed by atoms with Crippen LogP contribution in [-0.4, -0.2) is 6.61 Å². The summed E-state index contributed by atoms with van der Waals surface area (Å²) in [6.45, 7) is 6.52. The highest BCUT2D eigenvalue weighted by Crippen LogP contribution is 2.27. The number of nitrogen functional groups attached to an aromatic ring is 1. The molecule has 0 aromatic heterocycles. The van der Waals surface area contributed by atoms with Crippen molar-refractivity contribution in [2.24, 2.45) is 0 Å². The number of ether oxygens (including phenoxy) is 2. The van der Waals surface area contributed by atoms with E-state index in [4.69, 9.17) is 15.2 Å². The zero-order valence-corrected chi connectivity index (χ0v) is 11.2. The summed E-state index contributed by atoms with van der Waals surface area (Å²) in [6.07, 6.45) is 5.61. The van der Waals surface area contributed by atoms with Gasteiger partial charge >= 0.3 is 0 Å². The van der Waals surface area contributed by atoms with E-state index < -0.39 is 0 Å². The highest BCUT2D eigenvalue weighted by molar-refractivity contribution is 5.43. The second-order valence-electron chi connectivity index (χ2n) is 4.50. The van der Waals surface area contributed by atoms with Gasteiger partial charge in [0.25, 0.3) is 0 Å². The van der Waals surface area contributed by atoms with Crippen molar-refractivity contribution < 1.29 is 9.47 Å². The summed E-state index contributed by atoms with van der Waals surface area (Å²) in [5.41, 5.74) is 7.58. The fraction of sp³-hybridized carbons (Fsp3) is 0.250. The number of benzene rings is 1. The van der Waals surface area contributed by atoms with E-state index in [0.717, 1.165) is 31.0 Å². The van der Waals surface area contributed by atoms with Crippen LogP contribution in [-0.2, 0) is 4.74 Å². The molecule has 2 N–H and O–H groups in total. The topological polar surface area (TPSA) is 44.5 Å². The molecule has 3 heteroatoms. The largest absolute Gasteiger partial charge is 0.490 e. The molecule has 1 heterocycles. The lowest BCUT2D eigenvalue weighted by Gasteiger charge is -2.21. The Labute approximate surface area is 114 Å². The predicted octanol–water partition coefficient (Wildman–Crippen LogP) is 3.80. The minimum Gasteiger partial charge on any atom is -0.490 e. The van der Waals surface area contributed by atoms with E-state index in [9.17, 15) is 0 Å². The Balaban J connectivity index is 2.24. The zero-order chi connectivity index (χ0) is 13.7. The Bertz CT molecular complexity index is 512. The highest BCUT2D eigenvalue weighted by Gasteiger charge is 2.16. The van der Waals surface area contributed by atoms with Crippen molar-refractivity contribution in [1.29, 1.82) is 0 Å². The fourth-order valence-corrected chi connectivity index (χ4v) is 1.96. The van der Waals surface area contributed by atoms with Gasteiger partial charge in [-0.1, -0.05) is 12.7 Å². The number of hydrogen-bond donors (Lipinski definition) is 1. The van der Waals surface area contributed by atoms with E-state index in [1.54, 1.807) is 6.08 Å². The smallest absolute Gasteiger partial charge is 0.169 e. The molecule has 1 aromatic rings.